The average Bonchev–Trinajstić information content (AvgIpc) is 2.19. The monoisotopic (exact) mass is 291 g/mol. The molecule has 0 fully saturated rings. The van der Waals surface area contributed by atoms with Gasteiger partial charge in [-0.05, 0) is 34.1 Å². The molecular weight excluding hydrogens is 283 g/mol. The topological polar surface area (TPSA) is 26.0 Å². The molecule has 1 nitrogen and oxygen atoms in total. The quantitative estimate of drug-likeness (QED) is 0.790. The van der Waals surface area contributed by atoms with Crippen molar-refractivity contribution in [1.82, 2.24) is 0 Å². The van der Waals surface area contributed by atoms with Crippen molar-refractivity contribution in [2.45, 2.75) is 12.6 Å². The molecule has 5 heteroatoms. The number of nitrogens with two attached hydrogens (primary N) is 1. The SMILES string of the molecule is NCCC#Cc1ccc(C(F)(F)F)cc1Br. The number of alkyl halides is 3. The third-order valence-electron chi connectivity index (χ3n) is 1.79. The predicted molar refractivity (Wildman–Crippen MR) is 59.7 cm³/mol. The minimum atomic E-state index is -4.33. The lowest BCUT2D eigenvalue weighted by atomic mass is 10.1. The Bertz CT molecular complexity index is 429. The van der Waals surface area contributed by atoms with E-state index in [1.165, 1.54) is 6.07 Å². The van der Waals surface area contributed by atoms with Gasteiger partial charge < -0.3 is 5.73 Å². The van der Waals surface area contributed by atoms with E-state index in [4.69, 9.17) is 5.73 Å². The molecule has 86 valence electrons. The Kier molecular flexibility index (Phi) is 4.39. The van der Waals surface area contributed by atoms with Crippen LogP contribution in [0, 0.1) is 11.8 Å². The summed E-state index contributed by atoms with van der Waals surface area (Å²) in [6.07, 6.45) is -3.81. The fourth-order valence-corrected chi connectivity index (χ4v) is 1.50. The molecule has 1 aromatic rings. The summed E-state index contributed by atoms with van der Waals surface area (Å²) in [5, 5.41) is 0. The van der Waals surface area contributed by atoms with Gasteiger partial charge in [0.2, 0.25) is 0 Å². The highest BCUT2D eigenvalue weighted by atomic mass is 79.9. The first-order valence-corrected chi connectivity index (χ1v) is 5.30. The zero-order valence-electron chi connectivity index (χ0n) is 8.24. The van der Waals surface area contributed by atoms with Gasteiger partial charge in [0, 0.05) is 23.0 Å². The summed E-state index contributed by atoms with van der Waals surface area (Å²) in [5.74, 6) is 5.51. The molecule has 0 aliphatic heterocycles. The van der Waals surface area contributed by atoms with Crippen LogP contribution >= 0.6 is 15.9 Å². The van der Waals surface area contributed by atoms with Gasteiger partial charge in [0.15, 0.2) is 0 Å². The molecule has 0 atom stereocenters. The van der Waals surface area contributed by atoms with Crippen molar-refractivity contribution < 1.29 is 13.2 Å². The number of rotatable bonds is 1. The van der Waals surface area contributed by atoms with Crippen molar-refractivity contribution in [2.75, 3.05) is 6.54 Å². The molecule has 16 heavy (non-hydrogen) atoms. The Morgan fingerprint density at radius 3 is 2.50 bits per heavy atom. The van der Waals surface area contributed by atoms with Gasteiger partial charge in [0.25, 0.3) is 0 Å². The molecule has 2 N–H and O–H groups in total. The highest BCUT2D eigenvalue weighted by Crippen LogP contribution is 2.31. The fraction of sp³-hybridized carbons (Fsp3) is 0.273. The van der Waals surface area contributed by atoms with E-state index in [1.807, 2.05) is 0 Å². The second-order valence-electron chi connectivity index (χ2n) is 3.03. The number of halogens is 4. The predicted octanol–water partition coefficient (Wildman–Crippen LogP) is 3.17. The molecule has 0 unspecified atom stereocenters. The van der Waals surface area contributed by atoms with Crippen LogP contribution in [0.3, 0.4) is 0 Å². The lowest BCUT2D eigenvalue weighted by Gasteiger charge is -2.07. The van der Waals surface area contributed by atoms with Crippen molar-refractivity contribution in [3.8, 4) is 11.8 Å². The normalized spacial score (nSPS) is 10.8. The smallest absolute Gasteiger partial charge is 0.330 e. The first-order valence-electron chi connectivity index (χ1n) is 4.51. The molecule has 0 saturated heterocycles. The van der Waals surface area contributed by atoms with Crippen LogP contribution in [0.4, 0.5) is 13.2 Å². The summed E-state index contributed by atoms with van der Waals surface area (Å²) in [6, 6.07) is 3.38. The Morgan fingerprint density at radius 2 is 2.00 bits per heavy atom. The van der Waals surface area contributed by atoms with Gasteiger partial charge in [-0.25, -0.2) is 0 Å². The van der Waals surface area contributed by atoms with Crippen LogP contribution in [0.2, 0.25) is 0 Å². The molecule has 0 radical (unpaired) electrons. The minimum absolute atomic E-state index is 0.340. The molecular formula is C11H9BrF3N. The highest BCUT2D eigenvalue weighted by molar-refractivity contribution is 9.10. The van der Waals surface area contributed by atoms with Crippen molar-refractivity contribution >= 4 is 15.9 Å². The number of benzene rings is 1. The molecule has 0 aliphatic rings. The van der Waals surface area contributed by atoms with E-state index in [1.54, 1.807) is 0 Å². The molecule has 0 amide bonds. The highest BCUT2D eigenvalue weighted by Gasteiger charge is 2.30. The Labute approximate surface area is 100.0 Å². The van der Waals surface area contributed by atoms with Crippen LogP contribution < -0.4 is 5.73 Å². The van der Waals surface area contributed by atoms with Gasteiger partial charge >= 0.3 is 6.18 Å². The van der Waals surface area contributed by atoms with Crippen LogP contribution in [0.1, 0.15) is 17.5 Å². The lowest BCUT2D eigenvalue weighted by Crippen LogP contribution is -2.04. The molecule has 0 spiro atoms. The largest absolute Gasteiger partial charge is 0.416 e. The maximum Gasteiger partial charge on any atom is 0.416 e. The maximum absolute atomic E-state index is 12.3. The van der Waals surface area contributed by atoms with Crippen LogP contribution in [0.5, 0.6) is 0 Å². The zero-order valence-corrected chi connectivity index (χ0v) is 9.82. The third-order valence-corrected chi connectivity index (χ3v) is 2.44. The van der Waals surface area contributed by atoms with Crippen molar-refractivity contribution in [3.63, 3.8) is 0 Å². The second-order valence-corrected chi connectivity index (χ2v) is 3.89. The van der Waals surface area contributed by atoms with E-state index in [2.05, 4.69) is 27.8 Å². The van der Waals surface area contributed by atoms with Crippen LogP contribution in [-0.4, -0.2) is 6.54 Å². The Balaban J connectivity index is 2.98. The molecule has 1 aromatic carbocycles. The van der Waals surface area contributed by atoms with E-state index in [9.17, 15) is 13.2 Å². The van der Waals surface area contributed by atoms with Gasteiger partial charge in [-0.2, -0.15) is 13.2 Å². The molecule has 0 aliphatic carbocycles. The molecule has 0 saturated carbocycles. The summed E-state index contributed by atoms with van der Waals surface area (Å²) >= 11 is 3.06. The minimum Gasteiger partial charge on any atom is -0.330 e. The fourth-order valence-electron chi connectivity index (χ4n) is 1.02. The first-order chi connectivity index (χ1) is 7.45. The van der Waals surface area contributed by atoms with E-state index < -0.39 is 11.7 Å². The summed E-state index contributed by atoms with van der Waals surface area (Å²) < 4.78 is 37.3. The van der Waals surface area contributed by atoms with Gasteiger partial charge in [-0.3, -0.25) is 0 Å². The summed E-state index contributed by atoms with van der Waals surface area (Å²) in [6.45, 7) is 0.436. The summed E-state index contributed by atoms with van der Waals surface area (Å²) in [7, 11) is 0. The number of hydrogen-bond acceptors (Lipinski definition) is 1. The van der Waals surface area contributed by atoms with Gasteiger partial charge in [-0.15, -0.1) is 0 Å². The van der Waals surface area contributed by atoms with Crippen LogP contribution in [-0.2, 0) is 6.18 Å². The van der Waals surface area contributed by atoms with Gasteiger partial charge in [0.1, 0.15) is 0 Å². The van der Waals surface area contributed by atoms with E-state index in [0.717, 1.165) is 12.1 Å². The molecule has 0 heterocycles. The van der Waals surface area contributed by atoms with Crippen molar-refractivity contribution in [1.29, 1.82) is 0 Å². The molecule has 1 rings (SSSR count). The number of hydrogen-bond donors (Lipinski definition) is 1. The first kappa shape index (κ1) is 13.1. The van der Waals surface area contributed by atoms with Gasteiger partial charge in [0.05, 0.1) is 5.56 Å². The van der Waals surface area contributed by atoms with Crippen molar-refractivity contribution in [2.24, 2.45) is 5.73 Å². The maximum atomic E-state index is 12.3. The van der Waals surface area contributed by atoms with Crippen LogP contribution in [0.15, 0.2) is 22.7 Å². The van der Waals surface area contributed by atoms with E-state index in [0.29, 0.717) is 23.0 Å². The van der Waals surface area contributed by atoms with E-state index in [-0.39, 0.29) is 0 Å². The lowest BCUT2D eigenvalue weighted by molar-refractivity contribution is -0.137. The standard InChI is InChI=1S/C11H9BrF3N/c12-10-7-9(11(13,14)15)5-4-8(10)3-1-2-6-16/h4-5,7H,2,6,16H2. The molecule has 0 bridgehead atoms. The second kappa shape index (κ2) is 5.37. The summed E-state index contributed by atoms with van der Waals surface area (Å²) in [5.41, 5.74) is 5.09. The van der Waals surface area contributed by atoms with Crippen molar-refractivity contribution in [3.05, 3.63) is 33.8 Å². The average molecular weight is 292 g/mol. The third kappa shape index (κ3) is 3.54. The Hall–Kier alpha value is -0.990. The molecule has 0 aromatic heterocycles. The zero-order chi connectivity index (χ0) is 12.2. The Morgan fingerprint density at radius 1 is 1.31 bits per heavy atom. The van der Waals surface area contributed by atoms with Gasteiger partial charge in [-0.1, -0.05) is 11.8 Å². The summed E-state index contributed by atoms with van der Waals surface area (Å²) in [4.78, 5) is 0. The van der Waals surface area contributed by atoms with E-state index >= 15 is 0 Å². The van der Waals surface area contributed by atoms with Crippen LogP contribution in [0.25, 0.3) is 0 Å².